The molecule has 1 amide bonds. The molecular weight excluding hydrogens is 324 g/mol. The first-order valence-electron chi connectivity index (χ1n) is 8.02. The monoisotopic (exact) mass is 346 g/mol. The summed E-state index contributed by atoms with van der Waals surface area (Å²) in [7, 11) is 1.85. The summed E-state index contributed by atoms with van der Waals surface area (Å²) in [4.78, 5) is 15.8. The van der Waals surface area contributed by atoms with Gasteiger partial charge in [0.1, 0.15) is 0 Å². The highest BCUT2D eigenvalue weighted by atomic mass is 32.1. The molecule has 1 fully saturated rings. The Morgan fingerprint density at radius 3 is 3.00 bits per heavy atom. The molecule has 0 radical (unpaired) electrons. The van der Waals surface area contributed by atoms with Gasteiger partial charge in [0.15, 0.2) is 0 Å². The zero-order valence-corrected chi connectivity index (χ0v) is 14.5. The zero-order valence-electron chi connectivity index (χ0n) is 13.7. The molecule has 1 saturated heterocycles. The largest absolute Gasteiger partial charge is 0.379 e. The molecular formula is C17H22N4O2S. The van der Waals surface area contributed by atoms with Crippen LogP contribution < -0.4 is 5.32 Å². The van der Waals surface area contributed by atoms with Crippen LogP contribution in [0.15, 0.2) is 36.0 Å². The summed E-state index contributed by atoms with van der Waals surface area (Å²) in [6.07, 6.45) is 6.93. The highest BCUT2D eigenvalue weighted by molar-refractivity contribution is 7.10. The van der Waals surface area contributed by atoms with Crippen LogP contribution in [0.1, 0.15) is 16.5 Å². The van der Waals surface area contributed by atoms with E-state index in [0.29, 0.717) is 6.54 Å². The topological polar surface area (TPSA) is 59.4 Å². The first-order valence-corrected chi connectivity index (χ1v) is 8.90. The fourth-order valence-electron chi connectivity index (χ4n) is 2.73. The van der Waals surface area contributed by atoms with Gasteiger partial charge in [0.05, 0.1) is 25.5 Å². The summed E-state index contributed by atoms with van der Waals surface area (Å²) in [5.74, 6) is -0.0892. The van der Waals surface area contributed by atoms with Crippen LogP contribution in [0.25, 0.3) is 6.08 Å². The molecule has 0 bridgehead atoms. The lowest BCUT2D eigenvalue weighted by Gasteiger charge is -2.34. The number of thiophene rings is 1. The van der Waals surface area contributed by atoms with E-state index in [1.807, 2.05) is 13.2 Å². The number of morpholine rings is 1. The van der Waals surface area contributed by atoms with Crippen molar-refractivity contribution in [3.8, 4) is 0 Å². The third-order valence-corrected chi connectivity index (χ3v) is 4.95. The molecule has 0 saturated carbocycles. The molecule has 3 rings (SSSR count). The molecule has 0 aromatic carbocycles. The van der Waals surface area contributed by atoms with Crippen molar-refractivity contribution in [2.24, 2.45) is 7.05 Å². The highest BCUT2D eigenvalue weighted by Crippen LogP contribution is 2.25. The number of carbonyl (C=O) groups excluding carboxylic acids is 1. The van der Waals surface area contributed by atoms with Gasteiger partial charge in [-0.05, 0) is 17.5 Å². The quantitative estimate of drug-likeness (QED) is 0.809. The number of nitrogens with one attached hydrogen (secondary N) is 1. The summed E-state index contributed by atoms with van der Waals surface area (Å²) in [6, 6.07) is 4.38. The number of carbonyl (C=O) groups is 1. The molecule has 7 heteroatoms. The number of aromatic nitrogens is 2. The summed E-state index contributed by atoms with van der Waals surface area (Å²) in [5, 5.41) is 9.17. The van der Waals surface area contributed by atoms with E-state index in [1.54, 1.807) is 34.4 Å². The average molecular weight is 346 g/mol. The number of aryl methyl sites for hydroxylation is 1. The van der Waals surface area contributed by atoms with E-state index >= 15 is 0 Å². The lowest BCUT2D eigenvalue weighted by atomic mass is 10.2. The van der Waals surface area contributed by atoms with Gasteiger partial charge in [-0.2, -0.15) is 5.10 Å². The van der Waals surface area contributed by atoms with Crippen LogP contribution in [-0.2, 0) is 16.6 Å². The second-order valence-electron chi connectivity index (χ2n) is 5.71. The van der Waals surface area contributed by atoms with E-state index in [-0.39, 0.29) is 11.9 Å². The van der Waals surface area contributed by atoms with Crippen LogP contribution in [0.4, 0.5) is 0 Å². The van der Waals surface area contributed by atoms with E-state index in [1.165, 1.54) is 4.88 Å². The van der Waals surface area contributed by atoms with Crippen molar-refractivity contribution in [3.05, 3.63) is 46.4 Å². The minimum Gasteiger partial charge on any atom is -0.379 e. The molecule has 0 unspecified atom stereocenters. The van der Waals surface area contributed by atoms with Crippen LogP contribution in [-0.4, -0.2) is 53.4 Å². The van der Waals surface area contributed by atoms with Crippen LogP contribution in [0.3, 0.4) is 0 Å². The Bertz CT molecular complexity index is 675. The predicted molar refractivity (Wildman–Crippen MR) is 94.7 cm³/mol. The van der Waals surface area contributed by atoms with Crippen molar-refractivity contribution in [1.82, 2.24) is 20.0 Å². The Labute approximate surface area is 145 Å². The Morgan fingerprint density at radius 1 is 1.50 bits per heavy atom. The number of hydrogen-bond donors (Lipinski definition) is 1. The van der Waals surface area contributed by atoms with E-state index in [4.69, 9.17) is 4.74 Å². The van der Waals surface area contributed by atoms with Gasteiger partial charge in [-0.3, -0.25) is 14.4 Å². The maximum atomic E-state index is 12.1. The van der Waals surface area contributed by atoms with Gasteiger partial charge in [0.2, 0.25) is 5.91 Å². The van der Waals surface area contributed by atoms with Crippen molar-refractivity contribution in [1.29, 1.82) is 0 Å². The molecule has 1 N–H and O–H groups in total. The normalized spacial score (nSPS) is 17.2. The lowest BCUT2D eigenvalue weighted by Crippen LogP contribution is -2.43. The maximum Gasteiger partial charge on any atom is 0.244 e. The van der Waals surface area contributed by atoms with Gasteiger partial charge in [0, 0.05) is 49.4 Å². The highest BCUT2D eigenvalue weighted by Gasteiger charge is 2.23. The van der Waals surface area contributed by atoms with Gasteiger partial charge in [-0.15, -0.1) is 11.3 Å². The fourth-order valence-corrected chi connectivity index (χ4v) is 3.59. The van der Waals surface area contributed by atoms with Crippen molar-refractivity contribution in [2.75, 3.05) is 32.8 Å². The van der Waals surface area contributed by atoms with Gasteiger partial charge >= 0.3 is 0 Å². The van der Waals surface area contributed by atoms with Crippen LogP contribution in [0.2, 0.25) is 0 Å². The van der Waals surface area contributed by atoms with E-state index in [9.17, 15) is 4.79 Å². The molecule has 1 aliphatic rings. The second-order valence-corrected chi connectivity index (χ2v) is 6.68. The molecule has 1 aliphatic heterocycles. The number of nitrogens with zero attached hydrogens (tertiary/aromatic N) is 3. The minimum atomic E-state index is -0.0892. The average Bonchev–Trinajstić information content (AvgIpc) is 3.26. The molecule has 6 nitrogen and oxygen atoms in total. The van der Waals surface area contributed by atoms with Crippen LogP contribution in [0, 0.1) is 0 Å². The fraction of sp³-hybridized carbons (Fsp3) is 0.412. The summed E-state index contributed by atoms with van der Waals surface area (Å²) >= 11 is 1.73. The SMILES string of the molecule is Cn1cc(/C=C\C(=O)NC[C@@H](c2cccs2)N2CCOCC2)cn1. The lowest BCUT2D eigenvalue weighted by molar-refractivity contribution is -0.116. The third kappa shape index (κ3) is 4.53. The van der Waals surface area contributed by atoms with Crippen molar-refractivity contribution in [2.45, 2.75) is 6.04 Å². The summed E-state index contributed by atoms with van der Waals surface area (Å²) < 4.78 is 7.15. The summed E-state index contributed by atoms with van der Waals surface area (Å²) in [6.45, 7) is 3.87. The Hall–Kier alpha value is -1.96. The maximum absolute atomic E-state index is 12.1. The van der Waals surface area contributed by atoms with Crippen LogP contribution in [0.5, 0.6) is 0 Å². The second kappa shape index (κ2) is 8.23. The zero-order chi connectivity index (χ0) is 16.8. The van der Waals surface area contributed by atoms with Crippen molar-refractivity contribution >= 4 is 23.3 Å². The number of rotatable bonds is 6. The first kappa shape index (κ1) is 16.9. The Kier molecular flexibility index (Phi) is 5.79. The standard InChI is InChI=1S/C17H22N4O2S/c1-20-13-14(11-19-20)4-5-17(22)18-12-15(16-3-2-10-24-16)21-6-8-23-9-7-21/h2-5,10-11,13,15H,6-9,12H2,1H3,(H,18,22)/b5-4-/t15-/m0/s1. The molecule has 128 valence electrons. The van der Waals surface area contributed by atoms with Gasteiger partial charge in [-0.1, -0.05) is 6.07 Å². The Morgan fingerprint density at radius 2 is 2.33 bits per heavy atom. The Balaban J connectivity index is 1.58. The summed E-state index contributed by atoms with van der Waals surface area (Å²) in [5.41, 5.74) is 0.913. The van der Waals surface area contributed by atoms with E-state index in [0.717, 1.165) is 31.9 Å². The number of hydrogen-bond acceptors (Lipinski definition) is 5. The molecule has 2 aromatic heterocycles. The predicted octanol–water partition coefficient (Wildman–Crippen LogP) is 1.68. The van der Waals surface area contributed by atoms with E-state index < -0.39 is 0 Å². The minimum absolute atomic E-state index is 0.0892. The molecule has 0 aliphatic carbocycles. The first-order chi connectivity index (χ1) is 11.7. The van der Waals surface area contributed by atoms with Crippen molar-refractivity contribution in [3.63, 3.8) is 0 Å². The van der Waals surface area contributed by atoms with E-state index in [2.05, 4.69) is 32.8 Å². The van der Waals surface area contributed by atoms with Gasteiger partial charge in [0.25, 0.3) is 0 Å². The van der Waals surface area contributed by atoms with Gasteiger partial charge in [-0.25, -0.2) is 0 Å². The van der Waals surface area contributed by atoms with Gasteiger partial charge < -0.3 is 10.1 Å². The molecule has 1 atom stereocenters. The number of ether oxygens (including phenoxy) is 1. The molecule has 0 spiro atoms. The third-order valence-electron chi connectivity index (χ3n) is 3.98. The number of amides is 1. The molecule has 24 heavy (non-hydrogen) atoms. The molecule has 3 heterocycles. The van der Waals surface area contributed by atoms with Crippen molar-refractivity contribution < 1.29 is 9.53 Å². The smallest absolute Gasteiger partial charge is 0.244 e. The molecule has 2 aromatic rings. The van der Waals surface area contributed by atoms with Crippen LogP contribution >= 0.6 is 11.3 Å².